The van der Waals surface area contributed by atoms with Gasteiger partial charge in [0.05, 0.1) is 5.41 Å². The van der Waals surface area contributed by atoms with Gasteiger partial charge < -0.3 is 15.6 Å². The lowest BCUT2D eigenvalue weighted by molar-refractivity contribution is 0.351. The van der Waals surface area contributed by atoms with Crippen LogP contribution in [-0.4, -0.2) is 16.7 Å². The lowest BCUT2D eigenvalue weighted by Gasteiger charge is -2.31. The molecule has 1 aromatic heterocycles. The van der Waals surface area contributed by atoms with Crippen molar-refractivity contribution in [1.29, 1.82) is 0 Å². The molecule has 0 amide bonds. The van der Waals surface area contributed by atoms with E-state index < -0.39 is 0 Å². The maximum atomic E-state index is 5.45. The molecular weight excluding hydrogens is 288 g/mol. The number of nitrogens with two attached hydrogens (primary N) is 1. The van der Waals surface area contributed by atoms with Crippen molar-refractivity contribution in [2.45, 2.75) is 39.5 Å². The molecule has 3 N–H and O–H groups in total. The number of rotatable bonds is 7. The number of hydrogen-bond donors (Lipinski definition) is 2. The highest BCUT2D eigenvalue weighted by molar-refractivity contribution is 5.50. The Balaban J connectivity index is 2.36. The SMILES string of the molecule is CCCNc1nc(C(C)(c2ccc(/C=C/N)cc2)C(C)C)no1. The molecule has 23 heavy (non-hydrogen) atoms. The van der Waals surface area contributed by atoms with Crippen molar-refractivity contribution < 1.29 is 4.52 Å². The molecule has 0 aliphatic carbocycles. The predicted molar refractivity (Wildman–Crippen MR) is 94.0 cm³/mol. The van der Waals surface area contributed by atoms with Crippen LogP contribution in [0.4, 0.5) is 6.01 Å². The molecule has 0 radical (unpaired) electrons. The van der Waals surface area contributed by atoms with E-state index in [4.69, 9.17) is 10.3 Å². The van der Waals surface area contributed by atoms with E-state index in [1.54, 1.807) is 6.20 Å². The van der Waals surface area contributed by atoms with Crippen molar-refractivity contribution in [3.05, 3.63) is 47.4 Å². The Bertz CT molecular complexity index is 645. The highest BCUT2D eigenvalue weighted by Gasteiger charge is 2.37. The first-order valence-corrected chi connectivity index (χ1v) is 8.09. The van der Waals surface area contributed by atoms with Crippen molar-refractivity contribution >= 4 is 12.1 Å². The summed E-state index contributed by atoms with van der Waals surface area (Å²) in [7, 11) is 0. The summed E-state index contributed by atoms with van der Waals surface area (Å²) in [6, 6.07) is 8.79. The minimum absolute atomic E-state index is 0.315. The van der Waals surface area contributed by atoms with Crippen LogP contribution in [0.5, 0.6) is 0 Å². The molecule has 1 aromatic carbocycles. The van der Waals surface area contributed by atoms with Crippen LogP contribution in [0.15, 0.2) is 35.0 Å². The van der Waals surface area contributed by atoms with Crippen molar-refractivity contribution in [2.24, 2.45) is 11.7 Å². The lowest BCUT2D eigenvalue weighted by atomic mass is 9.72. The molecule has 0 saturated carbocycles. The molecule has 0 fully saturated rings. The summed E-state index contributed by atoms with van der Waals surface area (Å²) in [4.78, 5) is 4.55. The second kappa shape index (κ2) is 7.31. The van der Waals surface area contributed by atoms with Crippen LogP contribution >= 0.6 is 0 Å². The Morgan fingerprint density at radius 1 is 1.30 bits per heavy atom. The fourth-order valence-electron chi connectivity index (χ4n) is 2.51. The predicted octanol–water partition coefficient (Wildman–Crippen LogP) is 3.78. The highest BCUT2D eigenvalue weighted by Crippen LogP contribution is 2.37. The Labute approximate surface area is 138 Å². The summed E-state index contributed by atoms with van der Waals surface area (Å²) in [6.45, 7) is 9.41. The van der Waals surface area contributed by atoms with Gasteiger partial charge in [0, 0.05) is 6.54 Å². The first-order chi connectivity index (χ1) is 11.0. The van der Waals surface area contributed by atoms with E-state index in [9.17, 15) is 0 Å². The number of nitrogens with zero attached hydrogens (tertiary/aromatic N) is 2. The van der Waals surface area contributed by atoms with Gasteiger partial charge in [-0.1, -0.05) is 50.2 Å². The normalized spacial score (nSPS) is 14.3. The van der Waals surface area contributed by atoms with Gasteiger partial charge in [-0.15, -0.1) is 0 Å². The van der Waals surface area contributed by atoms with E-state index in [-0.39, 0.29) is 5.41 Å². The number of nitrogens with one attached hydrogen (secondary N) is 1. The summed E-state index contributed by atoms with van der Waals surface area (Å²) in [6.07, 6.45) is 4.43. The van der Waals surface area contributed by atoms with E-state index >= 15 is 0 Å². The topological polar surface area (TPSA) is 77.0 Å². The van der Waals surface area contributed by atoms with Gasteiger partial charge in [0.15, 0.2) is 5.82 Å². The van der Waals surface area contributed by atoms with Gasteiger partial charge in [-0.05, 0) is 42.7 Å². The van der Waals surface area contributed by atoms with Gasteiger partial charge >= 0.3 is 6.01 Å². The zero-order chi connectivity index (χ0) is 16.9. The van der Waals surface area contributed by atoms with Crippen LogP contribution in [0, 0.1) is 5.92 Å². The monoisotopic (exact) mass is 314 g/mol. The zero-order valence-electron chi connectivity index (χ0n) is 14.3. The largest absolute Gasteiger partial charge is 0.405 e. The minimum atomic E-state index is -0.319. The van der Waals surface area contributed by atoms with Crippen molar-refractivity contribution in [3.63, 3.8) is 0 Å². The van der Waals surface area contributed by atoms with E-state index in [0.717, 1.165) is 24.1 Å². The summed E-state index contributed by atoms with van der Waals surface area (Å²) in [5, 5.41) is 7.35. The number of aromatic nitrogens is 2. The van der Waals surface area contributed by atoms with Gasteiger partial charge in [-0.3, -0.25) is 0 Å². The zero-order valence-corrected chi connectivity index (χ0v) is 14.3. The molecule has 0 spiro atoms. The fraction of sp³-hybridized carbons (Fsp3) is 0.444. The van der Waals surface area contributed by atoms with Crippen molar-refractivity contribution in [2.75, 3.05) is 11.9 Å². The van der Waals surface area contributed by atoms with Crippen molar-refractivity contribution in [1.82, 2.24) is 10.1 Å². The molecule has 5 heteroatoms. The van der Waals surface area contributed by atoms with Gasteiger partial charge in [0.2, 0.25) is 0 Å². The van der Waals surface area contributed by atoms with Crippen LogP contribution in [0.3, 0.4) is 0 Å². The standard InChI is InChI=1S/C18H26N4O/c1-5-12-20-17-21-16(22-23-17)18(4,13(2)3)15-8-6-14(7-9-15)10-11-19/h6-11,13H,5,12,19H2,1-4H3,(H,20,21,22)/b11-10+. The van der Waals surface area contributed by atoms with Crippen molar-refractivity contribution in [3.8, 4) is 0 Å². The average Bonchev–Trinajstić information content (AvgIpc) is 3.02. The Hall–Kier alpha value is -2.30. The molecular formula is C18H26N4O. The average molecular weight is 314 g/mol. The Morgan fingerprint density at radius 2 is 2.00 bits per heavy atom. The van der Waals surface area contributed by atoms with Gasteiger partial charge in [-0.25, -0.2) is 0 Å². The fourth-order valence-corrected chi connectivity index (χ4v) is 2.51. The second-order valence-electron chi connectivity index (χ2n) is 6.19. The third kappa shape index (κ3) is 3.55. The minimum Gasteiger partial charge on any atom is -0.405 e. The Morgan fingerprint density at radius 3 is 2.57 bits per heavy atom. The molecule has 2 aromatic rings. The number of benzene rings is 1. The number of hydrogen-bond acceptors (Lipinski definition) is 5. The third-order valence-corrected chi connectivity index (χ3v) is 4.37. The maximum absolute atomic E-state index is 5.45. The smallest absolute Gasteiger partial charge is 0.321 e. The third-order valence-electron chi connectivity index (χ3n) is 4.37. The summed E-state index contributed by atoms with van der Waals surface area (Å²) in [5.74, 6) is 1.02. The quantitative estimate of drug-likeness (QED) is 0.813. The van der Waals surface area contributed by atoms with Crippen LogP contribution in [-0.2, 0) is 5.41 Å². The first-order valence-electron chi connectivity index (χ1n) is 8.09. The number of anilines is 1. The Kier molecular flexibility index (Phi) is 5.42. The molecule has 0 saturated heterocycles. The summed E-state index contributed by atoms with van der Waals surface area (Å²) >= 11 is 0. The molecule has 1 heterocycles. The van der Waals surface area contributed by atoms with Gasteiger partial charge in [0.25, 0.3) is 0 Å². The molecule has 5 nitrogen and oxygen atoms in total. The van der Waals surface area contributed by atoms with E-state index in [2.05, 4.69) is 67.4 Å². The molecule has 124 valence electrons. The summed E-state index contributed by atoms with van der Waals surface area (Å²) < 4.78 is 5.35. The van der Waals surface area contributed by atoms with Crippen LogP contribution in [0.2, 0.25) is 0 Å². The van der Waals surface area contributed by atoms with Crippen LogP contribution < -0.4 is 11.1 Å². The molecule has 2 rings (SSSR count). The second-order valence-corrected chi connectivity index (χ2v) is 6.19. The molecule has 1 atom stereocenters. The van der Waals surface area contributed by atoms with Crippen LogP contribution in [0.25, 0.3) is 6.08 Å². The van der Waals surface area contributed by atoms with E-state index in [1.807, 2.05) is 6.08 Å². The molecule has 0 aliphatic heterocycles. The lowest BCUT2D eigenvalue weighted by Crippen LogP contribution is -2.31. The molecule has 0 aliphatic rings. The molecule has 0 bridgehead atoms. The van der Waals surface area contributed by atoms with Gasteiger partial charge in [-0.2, -0.15) is 4.98 Å². The van der Waals surface area contributed by atoms with Gasteiger partial charge in [0.1, 0.15) is 0 Å². The van der Waals surface area contributed by atoms with E-state index in [1.165, 1.54) is 0 Å². The summed E-state index contributed by atoms with van der Waals surface area (Å²) in [5.41, 5.74) is 7.35. The maximum Gasteiger partial charge on any atom is 0.321 e. The van der Waals surface area contributed by atoms with E-state index in [0.29, 0.717) is 17.8 Å². The first kappa shape index (κ1) is 17.1. The van der Waals surface area contributed by atoms with Crippen LogP contribution in [0.1, 0.15) is 51.1 Å². The highest BCUT2D eigenvalue weighted by atomic mass is 16.5. The molecule has 1 unspecified atom stereocenters.